The lowest BCUT2D eigenvalue weighted by molar-refractivity contribution is -0.130. The molecule has 2 aliphatic rings. The molecule has 7 heteroatoms. The summed E-state index contributed by atoms with van der Waals surface area (Å²) in [6.07, 6.45) is 7.12. The van der Waals surface area contributed by atoms with Gasteiger partial charge in [-0.05, 0) is 92.2 Å². The van der Waals surface area contributed by atoms with Gasteiger partial charge in [-0.2, -0.15) is 0 Å². The van der Waals surface area contributed by atoms with Crippen LogP contribution in [-0.4, -0.2) is 34.9 Å². The van der Waals surface area contributed by atoms with Crippen molar-refractivity contribution in [2.75, 3.05) is 7.05 Å². The van der Waals surface area contributed by atoms with Crippen LogP contribution in [-0.2, 0) is 17.8 Å². The van der Waals surface area contributed by atoms with E-state index in [1.54, 1.807) is 12.4 Å². The maximum absolute atomic E-state index is 14.6. The van der Waals surface area contributed by atoms with Crippen molar-refractivity contribution < 1.29 is 13.6 Å². The highest BCUT2D eigenvalue weighted by Crippen LogP contribution is 2.40. The summed E-state index contributed by atoms with van der Waals surface area (Å²) in [5, 5.41) is 3.36. The minimum atomic E-state index is -0.605. The van der Waals surface area contributed by atoms with E-state index in [1.807, 2.05) is 31.0 Å². The van der Waals surface area contributed by atoms with Crippen LogP contribution in [0.2, 0.25) is 0 Å². The molecule has 3 aromatic rings. The number of nitrogens with one attached hydrogen (secondary N) is 1. The third-order valence-electron chi connectivity index (χ3n) is 7.81. The number of aryl methyl sites for hydroxylation is 1. The van der Waals surface area contributed by atoms with Crippen LogP contribution in [0.4, 0.5) is 8.78 Å². The lowest BCUT2D eigenvalue weighted by atomic mass is 9.89. The summed E-state index contributed by atoms with van der Waals surface area (Å²) in [5.41, 5.74) is 4.63. The number of nitrogens with zero attached hydrogens (tertiary/aromatic N) is 2. The summed E-state index contributed by atoms with van der Waals surface area (Å²) in [4.78, 5) is 20.1. The molecule has 1 N–H and O–H groups in total. The van der Waals surface area contributed by atoms with Crippen molar-refractivity contribution in [3.8, 4) is 11.1 Å². The second kappa shape index (κ2) is 10.7. The van der Waals surface area contributed by atoms with Gasteiger partial charge >= 0.3 is 0 Å². The molecule has 5 rings (SSSR count). The second-order valence-corrected chi connectivity index (χ2v) is 10.3. The fourth-order valence-corrected chi connectivity index (χ4v) is 5.90. The van der Waals surface area contributed by atoms with E-state index in [9.17, 15) is 13.6 Å². The Hall–Kier alpha value is -3.09. The van der Waals surface area contributed by atoms with Crippen molar-refractivity contribution >= 4 is 22.5 Å². The molecule has 1 fully saturated rings. The highest BCUT2D eigenvalue weighted by molar-refractivity contribution is 6.52. The minimum Gasteiger partial charge on any atom is -0.332 e. The predicted octanol–water partition coefficient (Wildman–Crippen LogP) is 6.40. The lowest BCUT2D eigenvalue weighted by Crippen LogP contribution is -2.45. The molecule has 1 aromatic heterocycles. The van der Waals surface area contributed by atoms with E-state index in [-0.39, 0.29) is 40.1 Å². The number of aromatic nitrogens is 1. The van der Waals surface area contributed by atoms with Crippen LogP contribution < -0.4 is 5.32 Å². The predicted molar refractivity (Wildman–Crippen MR) is 143 cm³/mol. The fourth-order valence-electron chi connectivity index (χ4n) is 5.54. The molecule has 37 heavy (non-hydrogen) atoms. The summed E-state index contributed by atoms with van der Waals surface area (Å²) in [6.45, 7) is 2.43. The molecule has 0 radical (unpaired) electrons. The molecule has 1 heterocycles. The summed E-state index contributed by atoms with van der Waals surface area (Å²) >= 11 is 6.56. The van der Waals surface area contributed by atoms with Crippen molar-refractivity contribution in [2.45, 2.75) is 57.7 Å². The van der Waals surface area contributed by atoms with Crippen molar-refractivity contribution in [3.63, 3.8) is 0 Å². The molecular formula is C30H30ClF2N3O. The van der Waals surface area contributed by atoms with E-state index in [2.05, 4.69) is 28.5 Å². The second-order valence-electron chi connectivity index (χ2n) is 9.96. The third-order valence-corrected chi connectivity index (χ3v) is 8.23. The zero-order valence-corrected chi connectivity index (χ0v) is 21.8. The normalized spacial score (nSPS) is 19.2. The Bertz CT molecular complexity index is 1350. The minimum absolute atomic E-state index is 0.00497. The molecule has 0 bridgehead atoms. The van der Waals surface area contributed by atoms with Crippen LogP contribution in [0.15, 0.2) is 60.4 Å². The van der Waals surface area contributed by atoms with Crippen LogP contribution in [0.1, 0.15) is 47.9 Å². The van der Waals surface area contributed by atoms with E-state index in [0.29, 0.717) is 12.6 Å². The molecule has 0 unspecified atom stereocenters. The van der Waals surface area contributed by atoms with Gasteiger partial charge in [0.05, 0.1) is 5.03 Å². The first-order valence-electron chi connectivity index (χ1n) is 12.7. The standard InChI is InChI=1S/C30H30ClF2N3O/c1-18-3-4-20(19-11-13-35-14-12-19)15-21(18)17-36(23-7-5-22(34-2)6-8-23)30(37)25-16-24-26(32)9-10-27(33)28(24)29(25)31/h3-4,9-15,22-23,34H,5-8,16-17H2,1-2H3/t22-,23+. The zero-order valence-electron chi connectivity index (χ0n) is 21.0. The summed E-state index contributed by atoms with van der Waals surface area (Å²) < 4.78 is 29.1. The number of carbonyl (C=O) groups is 1. The summed E-state index contributed by atoms with van der Waals surface area (Å²) in [7, 11) is 1.96. The molecule has 0 spiro atoms. The number of carbonyl (C=O) groups excluding carboxylic acids is 1. The van der Waals surface area contributed by atoms with Crippen molar-refractivity contribution in [1.29, 1.82) is 0 Å². The number of hydrogen-bond donors (Lipinski definition) is 1. The number of halogens is 3. The molecule has 192 valence electrons. The van der Waals surface area contributed by atoms with E-state index < -0.39 is 11.6 Å². The van der Waals surface area contributed by atoms with E-state index in [0.717, 1.165) is 60.1 Å². The molecule has 1 saturated carbocycles. The van der Waals surface area contributed by atoms with Gasteiger partial charge in [-0.15, -0.1) is 0 Å². The first-order valence-corrected chi connectivity index (χ1v) is 13.1. The van der Waals surface area contributed by atoms with Crippen molar-refractivity contribution in [3.05, 3.63) is 94.3 Å². The smallest absolute Gasteiger partial charge is 0.252 e. The van der Waals surface area contributed by atoms with Gasteiger partial charge in [0.2, 0.25) is 0 Å². The van der Waals surface area contributed by atoms with E-state index in [4.69, 9.17) is 11.6 Å². The van der Waals surface area contributed by atoms with Gasteiger partial charge in [-0.3, -0.25) is 9.78 Å². The quantitative estimate of drug-likeness (QED) is 0.408. The molecule has 0 saturated heterocycles. The van der Waals surface area contributed by atoms with Gasteiger partial charge in [-0.25, -0.2) is 8.78 Å². The summed E-state index contributed by atoms with van der Waals surface area (Å²) in [5.74, 6) is -1.40. The van der Waals surface area contributed by atoms with Gasteiger partial charge < -0.3 is 10.2 Å². The van der Waals surface area contributed by atoms with E-state index >= 15 is 0 Å². The van der Waals surface area contributed by atoms with Crippen molar-refractivity contribution in [2.24, 2.45) is 0 Å². The number of pyridine rings is 1. The maximum Gasteiger partial charge on any atom is 0.252 e. The van der Waals surface area contributed by atoms with Gasteiger partial charge in [0, 0.05) is 54.1 Å². The Kier molecular flexibility index (Phi) is 7.40. The average Bonchev–Trinajstić information content (AvgIpc) is 3.29. The Labute approximate surface area is 221 Å². The number of benzene rings is 2. The largest absolute Gasteiger partial charge is 0.332 e. The monoisotopic (exact) mass is 521 g/mol. The Balaban J connectivity index is 1.50. The molecule has 0 atom stereocenters. The van der Waals surface area contributed by atoms with Crippen LogP contribution >= 0.6 is 11.6 Å². The number of fused-ring (bicyclic) bond motifs is 1. The Morgan fingerprint density at radius 2 is 1.73 bits per heavy atom. The highest BCUT2D eigenvalue weighted by Gasteiger charge is 2.36. The van der Waals surface area contributed by atoms with Crippen LogP contribution in [0.5, 0.6) is 0 Å². The zero-order chi connectivity index (χ0) is 26.1. The average molecular weight is 522 g/mol. The van der Waals surface area contributed by atoms with Crippen molar-refractivity contribution in [1.82, 2.24) is 15.2 Å². The van der Waals surface area contributed by atoms with Crippen LogP contribution in [0.25, 0.3) is 16.2 Å². The number of rotatable bonds is 6. The summed E-state index contributed by atoms with van der Waals surface area (Å²) in [6, 6.07) is 12.8. The lowest BCUT2D eigenvalue weighted by Gasteiger charge is -2.37. The molecule has 1 amide bonds. The fraction of sp³-hybridized carbons (Fsp3) is 0.333. The first kappa shape index (κ1) is 25.6. The molecule has 4 nitrogen and oxygen atoms in total. The van der Waals surface area contributed by atoms with E-state index in [1.165, 1.54) is 0 Å². The third kappa shape index (κ3) is 5.05. The SMILES string of the molecule is CN[C@H]1CC[C@@H](N(Cc2cc(-c3ccncc3)ccc2C)C(=O)C2=C(Cl)c3c(F)ccc(F)c3C2)CC1. The van der Waals surface area contributed by atoms with Gasteiger partial charge in [-0.1, -0.05) is 23.7 Å². The Morgan fingerprint density at radius 3 is 2.41 bits per heavy atom. The highest BCUT2D eigenvalue weighted by atomic mass is 35.5. The Morgan fingerprint density at radius 1 is 1.03 bits per heavy atom. The van der Waals surface area contributed by atoms with Crippen LogP contribution in [0.3, 0.4) is 0 Å². The topological polar surface area (TPSA) is 45.2 Å². The molecule has 0 aliphatic heterocycles. The van der Waals surface area contributed by atoms with Gasteiger partial charge in [0.15, 0.2) is 0 Å². The number of amides is 1. The van der Waals surface area contributed by atoms with Gasteiger partial charge in [0.1, 0.15) is 11.6 Å². The maximum atomic E-state index is 14.6. The molecule has 2 aromatic carbocycles. The van der Waals surface area contributed by atoms with Gasteiger partial charge in [0.25, 0.3) is 5.91 Å². The number of hydrogen-bond acceptors (Lipinski definition) is 3. The molecular weight excluding hydrogens is 492 g/mol. The first-order chi connectivity index (χ1) is 17.9. The molecule has 2 aliphatic carbocycles. The van der Waals surface area contributed by atoms with Crippen LogP contribution in [0, 0.1) is 18.6 Å².